The van der Waals surface area contributed by atoms with Gasteiger partial charge in [-0.25, -0.2) is 4.79 Å². The molecule has 2 aromatic rings. The molecule has 0 saturated carbocycles. The van der Waals surface area contributed by atoms with Gasteiger partial charge in [0, 0.05) is 6.54 Å². The van der Waals surface area contributed by atoms with Gasteiger partial charge in [0.05, 0.1) is 32.0 Å². The summed E-state index contributed by atoms with van der Waals surface area (Å²) in [6.45, 7) is 9.56. The molecule has 0 atom stereocenters. The van der Waals surface area contributed by atoms with Gasteiger partial charge in [0.1, 0.15) is 0 Å². The third-order valence-electron chi connectivity index (χ3n) is 4.46. The third kappa shape index (κ3) is 8.21. The zero-order chi connectivity index (χ0) is 24.1. The Bertz CT molecular complexity index is 914. The maximum absolute atomic E-state index is 12.3. The van der Waals surface area contributed by atoms with Crippen molar-refractivity contribution in [2.75, 3.05) is 39.6 Å². The molecule has 1 amide bonds. The van der Waals surface area contributed by atoms with E-state index in [1.54, 1.807) is 18.2 Å². The van der Waals surface area contributed by atoms with Crippen molar-refractivity contribution in [2.45, 2.75) is 34.1 Å². The molecule has 33 heavy (non-hydrogen) atoms. The van der Waals surface area contributed by atoms with Crippen molar-refractivity contribution in [1.29, 1.82) is 0 Å². The van der Waals surface area contributed by atoms with Crippen molar-refractivity contribution in [3.8, 4) is 23.0 Å². The molecule has 2 aromatic carbocycles. The van der Waals surface area contributed by atoms with Gasteiger partial charge in [-0.3, -0.25) is 4.79 Å². The van der Waals surface area contributed by atoms with Crippen LogP contribution < -0.4 is 24.3 Å². The van der Waals surface area contributed by atoms with Crippen LogP contribution in [0.3, 0.4) is 0 Å². The van der Waals surface area contributed by atoms with Crippen LogP contribution in [-0.2, 0) is 16.0 Å². The number of benzene rings is 2. The molecule has 0 radical (unpaired) electrons. The quantitative estimate of drug-likeness (QED) is 0.430. The van der Waals surface area contributed by atoms with E-state index in [2.05, 4.69) is 5.32 Å². The minimum absolute atomic E-state index is 0.285. The van der Waals surface area contributed by atoms with Crippen LogP contribution in [0.4, 0.5) is 0 Å². The van der Waals surface area contributed by atoms with Gasteiger partial charge in [-0.15, -0.1) is 0 Å². The number of hydrogen-bond donors (Lipinski definition) is 1. The van der Waals surface area contributed by atoms with Crippen LogP contribution in [0, 0.1) is 0 Å². The predicted octanol–water partition coefficient (Wildman–Crippen LogP) is 3.80. The van der Waals surface area contributed by atoms with Gasteiger partial charge in [0.25, 0.3) is 5.91 Å². The fourth-order valence-corrected chi connectivity index (χ4v) is 3.04. The summed E-state index contributed by atoms with van der Waals surface area (Å²) >= 11 is 0. The third-order valence-corrected chi connectivity index (χ3v) is 4.46. The minimum atomic E-state index is -0.609. The molecule has 0 aliphatic heterocycles. The fraction of sp³-hybridized carbons (Fsp3) is 0.440. The van der Waals surface area contributed by atoms with Gasteiger partial charge in [0.2, 0.25) is 0 Å². The van der Waals surface area contributed by atoms with Gasteiger partial charge < -0.3 is 29.0 Å². The summed E-state index contributed by atoms with van der Waals surface area (Å²) in [5.74, 6) is 1.40. The van der Waals surface area contributed by atoms with Gasteiger partial charge in [-0.05, 0) is 70.0 Å². The number of esters is 1. The van der Waals surface area contributed by atoms with Crippen molar-refractivity contribution < 1.29 is 33.3 Å². The number of rotatable bonds is 14. The number of ether oxygens (including phenoxy) is 5. The van der Waals surface area contributed by atoms with Crippen LogP contribution in [0.1, 0.15) is 43.6 Å². The smallest absolute Gasteiger partial charge is 0.338 e. The lowest BCUT2D eigenvalue weighted by molar-refractivity contribution is -0.124. The molecule has 2 rings (SSSR count). The SMILES string of the molecule is CCOc1ccc(CCNC(=O)COC(=O)c2ccc(OCC)c(OCC)c2)cc1OCC. The standard InChI is InChI=1S/C25H33NO7/c1-5-29-20-11-9-18(15-22(20)31-7-3)13-14-26-24(27)17-33-25(28)19-10-12-21(30-6-2)23(16-19)32-8-4/h9-12,15-16H,5-8,13-14,17H2,1-4H3,(H,26,27). The Labute approximate surface area is 195 Å². The molecule has 0 unspecified atom stereocenters. The minimum Gasteiger partial charge on any atom is -0.490 e. The first kappa shape index (κ1) is 25.8. The first-order valence-electron chi connectivity index (χ1n) is 11.2. The highest BCUT2D eigenvalue weighted by Gasteiger charge is 2.14. The average Bonchev–Trinajstić information content (AvgIpc) is 2.81. The second kappa shape index (κ2) is 13.9. The Kier molecular flexibility index (Phi) is 10.9. The molecule has 0 fully saturated rings. The number of amides is 1. The number of carbonyl (C=O) groups excluding carboxylic acids is 2. The molecule has 1 N–H and O–H groups in total. The van der Waals surface area contributed by atoms with Crippen LogP contribution in [0.5, 0.6) is 23.0 Å². The molecule has 0 aliphatic rings. The highest BCUT2D eigenvalue weighted by molar-refractivity contribution is 5.92. The van der Waals surface area contributed by atoms with Crippen LogP contribution in [0.2, 0.25) is 0 Å². The predicted molar refractivity (Wildman–Crippen MR) is 125 cm³/mol. The summed E-state index contributed by atoms with van der Waals surface area (Å²) in [4.78, 5) is 24.4. The van der Waals surface area contributed by atoms with Crippen LogP contribution in [-0.4, -0.2) is 51.5 Å². The van der Waals surface area contributed by atoms with E-state index in [1.807, 2.05) is 45.9 Å². The second-order valence-electron chi connectivity index (χ2n) is 6.85. The summed E-state index contributed by atoms with van der Waals surface area (Å²) < 4.78 is 27.3. The molecular formula is C25H33NO7. The Morgan fingerprint density at radius 1 is 0.727 bits per heavy atom. The van der Waals surface area contributed by atoms with Crippen LogP contribution in [0.25, 0.3) is 0 Å². The highest BCUT2D eigenvalue weighted by atomic mass is 16.5. The first-order valence-corrected chi connectivity index (χ1v) is 11.2. The topological polar surface area (TPSA) is 92.3 Å². The van der Waals surface area contributed by atoms with E-state index in [9.17, 15) is 9.59 Å². The molecule has 0 spiro atoms. The van der Waals surface area contributed by atoms with E-state index < -0.39 is 5.97 Å². The van der Waals surface area contributed by atoms with Crippen molar-refractivity contribution in [3.63, 3.8) is 0 Å². The van der Waals surface area contributed by atoms with Crippen LogP contribution in [0.15, 0.2) is 36.4 Å². The molecule has 0 bridgehead atoms. The zero-order valence-electron chi connectivity index (χ0n) is 19.8. The van der Waals surface area contributed by atoms with Crippen molar-refractivity contribution in [3.05, 3.63) is 47.5 Å². The van der Waals surface area contributed by atoms with E-state index in [-0.39, 0.29) is 18.1 Å². The Balaban J connectivity index is 1.84. The van der Waals surface area contributed by atoms with E-state index in [0.717, 1.165) is 5.56 Å². The van der Waals surface area contributed by atoms with Gasteiger partial charge >= 0.3 is 5.97 Å². The van der Waals surface area contributed by atoms with E-state index in [1.165, 1.54) is 0 Å². The summed E-state index contributed by atoms with van der Waals surface area (Å²) in [6, 6.07) is 10.5. The number of nitrogens with one attached hydrogen (secondary N) is 1. The monoisotopic (exact) mass is 459 g/mol. The van der Waals surface area contributed by atoms with E-state index in [0.29, 0.717) is 62.4 Å². The Hall–Kier alpha value is -3.42. The summed E-state index contributed by atoms with van der Waals surface area (Å²) in [5.41, 5.74) is 1.28. The maximum atomic E-state index is 12.3. The van der Waals surface area contributed by atoms with Crippen molar-refractivity contribution in [2.24, 2.45) is 0 Å². The summed E-state index contributed by atoms with van der Waals surface area (Å²) in [7, 11) is 0. The largest absolute Gasteiger partial charge is 0.490 e. The molecule has 0 aliphatic carbocycles. The Morgan fingerprint density at radius 3 is 1.88 bits per heavy atom. The van der Waals surface area contributed by atoms with Gasteiger partial charge in [-0.1, -0.05) is 6.07 Å². The van der Waals surface area contributed by atoms with Gasteiger partial charge in [0.15, 0.2) is 29.6 Å². The lowest BCUT2D eigenvalue weighted by Crippen LogP contribution is -2.30. The second-order valence-corrected chi connectivity index (χ2v) is 6.85. The van der Waals surface area contributed by atoms with Crippen LogP contribution >= 0.6 is 0 Å². The van der Waals surface area contributed by atoms with E-state index in [4.69, 9.17) is 23.7 Å². The molecule has 180 valence electrons. The fourth-order valence-electron chi connectivity index (χ4n) is 3.04. The molecule has 8 heteroatoms. The highest BCUT2D eigenvalue weighted by Crippen LogP contribution is 2.29. The Morgan fingerprint density at radius 2 is 1.27 bits per heavy atom. The molecule has 0 aromatic heterocycles. The number of carbonyl (C=O) groups is 2. The number of hydrogen-bond acceptors (Lipinski definition) is 7. The summed E-state index contributed by atoms with van der Waals surface area (Å²) in [5, 5.41) is 2.75. The average molecular weight is 460 g/mol. The van der Waals surface area contributed by atoms with E-state index >= 15 is 0 Å². The molecule has 0 heterocycles. The normalized spacial score (nSPS) is 10.3. The zero-order valence-corrected chi connectivity index (χ0v) is 19.8. The summed E-state index contributed by atoms with van der Waals surface area (Å²) in [6.07, 6.45) is 0.600. The molecule has 0 saturated heterocycles. The lowest BCUT2D eigenvalue weighted by Gasteiger charge is -2.13. The van der Waals surface area contributed by atoms with Crippen molar-refractivity contribution in [1.82, 2.24) is 5.32 Å². The lowest BCUT2D eigenvalue weighted by atomic mass is 10.1. The van der Waals surface area contributed by atoms with Crippen molar-refractivity contribution >= 4 is 11.9 Å². The molecule has 8 nitrogen and oxygen atoms in total. The van der Waals surface area contributed by atoms with Gasteiger partial charge in [-0.2, -0.15) is 0 Å². The first-order chi connectivity index (χ1) is 16.0. The maximum Gasteiger partial charge on any atom is 0.338 e. The molecular weight excluding hydrogens is 426 g/mol.